The van der Waals surface area contributed by atoms with Crippen LogP contribution in [-0.4, -0.2) is 147 Å². The van der Waals surface area contributed by atoms with Crippen LogP contribution in [0.2, 0.25) is 0 Å². The van der Waals surface area contributed by atoms with Gasteiger partial charge in [0.2, 0.25) is 5.91 Å². The fourth-order valence-corrected chi connectivity index (χ4v) is 6.10. The molecule has 0 radical (unpaired) electrons. The Morgan fingerprint density at radius 1 is 0.672 bits per heavy atom. The molecule has 0 aromatic heterocycles. The topological polar surface area (TPSA) is 291 Å². The first-order valence-electron chi connectivity index (χ1n) is 17.7. The van der Waals surface area contributed by atoms with E-state index in [4.69, 9.17) is 37.9 Å². The molecule has 58 heavy (non-hydrogen) atoms. The van der Waals surface area contributed by atoms with Gasteiger partial charge < -0.3 is 63.2 Å². The second-order valence-electron chi connectivity index (χ2n) is 12.6. The van der Waals surface area contributed by atoms with Gasteiger partial charge in [-0.3, -0.25) is 42.7 Å². The molecule has 0 aliphatic carbocycles. The van der Waals surface area contributed by atoms with Gasteiger partial charge in [0.25, 0.3) is 7.82 Å². The molecular weight excluding hydrogens is 818 g/mol. The number of ether oxygens (including phenoxy) is 8. The van der Waals surface area contributed by atoms with Crippen molar-refractivity contribution < 1.29 is 108 Å². The van der Waals surface area contributed by atoms with Crippen LogP contribution in [0.1, 0.15) is 62.3 Å². The maximum absolute atomic E-state index is 13.4. The Kier molecular flexibility index (Phi) is 21.2. The SMILES string of the molecule is CC(=O)N[C@H]1[C@H](O[C@H]2[C@H](OC(C)=O)[C@@H](NC(=O)C(F)(F)F)[C@@H](OP(=O)([O-])O)O[C@@H]2COC(C)=O)O[C@H](COC(C)=O)[C@@H](OC(C)=O)[C@@H]1OC(C)=O.CC[NH+](CC)CC. The maximum Gasteiger partial charge on any atom is 0.471 e. The van der Waals surface area contributed by atoms with Crippen molar-refractivity contribution in [3.63, 3.8) is 0 Å². The highest BCUT2D eigenvalue weighted by atomic mass is 31.2. The lowest BCUT2D eigenvalue weighted by molar-refractivity contribution is -0.894. The fourth-order valence-electron chi connectivity index (χ4n) is 5.65. The molecule has 334 valence electrons. The zero-order valence-corrected chi connectivity index (χ0v) is 34.1. The molecule has 0 aromatic carbocycles. The minimum absolute atomic E-state index is 0.738. The lowest BCUT2D eigenvalue weighted by atomic mass is 9.94. The Hall–Kier alpha value is -3.97. The van der Waals surface area contributed by atoms with E-state index in [1.165, 1.54) is 25.0 Å². The molecule has 0 aromatic rings. The number of halogens is 3. The summed E-state index contributed by atoms with van der Waals surface area (Å²) in [5.74, 6) is -8.77. The summed E-state index contributed by atoms with van der Waals surface area (Å²) in [5.41, 5.74) is 0. The van der Waals surface area contributed by atoms with Crippen LogP contribution in [0.5, 0.6) is 0 Å². The molecule has 4 N–H and O–H groups in total. The number of carbonyl (C=O) groups excluding carboxylic acids is 7. The van der Waals surface area contributed by atoms with Gasteiger partial charge in [-0.1, -0.05) is 0 Å². The molecule has 22 nitrogen and oxygen atoms in total. The lowest BCUT2D eigenvalue weighted by Crippen LogP contribution is -3.11. The standard InChI is InChI=1S/C26H36F3N2O19P.C6H15N/c1-9(32)30-17-21(45-13(5)36)19(44-12(4)35)15(7-42-10(2)33)47-23(17)49-20-16(8-43-11(3)34)48-24(50-51(39,40)41)18(22(20)46-14(6)37)31-25(38)26(27,28)29;1-4-7(5-2)6-3/h15-24H,7-8H2,1-6H3,(H,30,32)(H,31,38)(H2,39,40,41);4-6H2,1-3H3/t15-,16-,17-,18-,19-,20-,21-,22-,23+,24-;/m1./s1. The molecule has 1 unspecified atom stereocenters. The lowest BCUT2D eigenvalue weighted by Gasteiger charge is -2.49. The monoisotopic (exact) mass is 869 g/mol. The van der Waals surface area contributed by atoms with E-state index in [1.54, 1.807) is 4.90 Å². The number of alkyl halides is 3. The van der Waals surface area contributed by atoms with E-state index in [0.29, 0.717) is 0 Å². The van der Waals surface area contributed by atoms with Crippen LogP contribution < -0.4 is 20.4 Å². The Morgan fingerprint density at radius 2 is 1.07 bits per heavy atom. The molecule has 2 aliphatic rings. The molecule has 2 amide bonds. The summed E-state index contributed by atoms with van der Waals surface area (Å²) in [6, 6.07) is -4.22. The van der Waals surface area contributed by atoms with E-state index in [-0.39, 0.29) is 0 Å². The number of quaternary nitrogens is 1. The Morgan fingerprint density at radius 3 is 1.43 bits per heavy atom. The molecular formula is C32H51F3N3O19P. The van der Waals surface area contributed by atoms with Gasteiger partial charge in [0, 0.05) is 41.5 Å². The second-order valence-corrected chi connectivity index (χ2v) is 13.8. The highest BCUT2D eigenvalue weighted by Gasteiger charge is 2.57. The van der Waals surface area contributed by atoms with Crippen LogP contribution >= 0.6 is 7.82 Å². The number of rotatable bonds is 16. The summed E-state index contributed by atoms with van der Waals surface area (Å²) >= 11 is 0. The fraction of sp³-hybridized carbons (Fsp3) is 0.781. The first-order chi connectivity index (χ1) is 26.7. The molecule has 0 saturated carbocycles. The Balaban J connectivity index is 0.00000219. The smallest absolute Gasteiger partial charge is 0.471 e. The van der Waals surface area contributed by atoms with E-state index in [9.17, 15) is 61.1 Å². The van der Waals surface area contributed by atoms with Crippen molar-refractivity contribution in [1.29, 1.82) is 0 Å². The Labute approximate surface area is 331 Å². The van der Waals surface area contributed by atoms with Crippen LogP contribution in [-0.2, 0) is 80.5 Å². The predicted molar refractivity (Wildman–Crippen MR) is 181 cm³/mol. The number of amides is 2. The van der Waals surface area contributed by atoms with Gasteiger partial charge in [0.15, 0.2) is 30.9 Å². The van der Waals surface area contributed by atoms with Gasteiger partial charge in [-0.25, -0.2) is 0 Å². The van der Waals surface area contributed by atoms with Gasteiger partial charge >= 0.3 is 41.9 Å². The number of hydrogen-bond donors (Lipinski definition) is 4. The third-order valence-electron chi connectivity index (χ3n) is 8.05. The number of carbonyl (C=O) groups is 7. The minimum atomic E-state index is -5.93. The number of phosphoric acid groups is 1. The Bertz CT molecular complexity index is 1470. The highest BCUT2D eigenvalue weighted by Crippen LogP contribution is 2.39. The molecule has 2 heterocycles. The van der Waals surface area contributed by atoms with E-state index >= 15 is 0 Å². The summed E-state index contributed by atoms with van der Waals surface area (Å²) < 4.78 is 99.2. The number of hydrogen-bond acceptors (Lipinski definition) is 18. The van der Waals surface area contributed by atoms with Crippen LogP contribution in [0.25, 0.3) is 0 Å². The van der Waals surface area contributed by atoms with Crippen LogP contribution in [0.4, 0.5) is 13.2 Å². The van der Waals surface area contributed by atoms with Gasteiger partial charge in [-0.15, -0.1) is 0 Å². The van der Waals surface area contributed by atoms with Crippen molar-refractivity contribution >= 4 is 49.5 Å². The third kappa shape index (κ3) is 17.9. The second kappa shape index (κ2) is 23.6. The van der Waals surface area contributed by atoms with Crippen molar-refractivity contribution in [2.24, 2.45) is 0 Å². The average molecular weight is 870 g/mol. The van der Waals surface area contributed by atoms with E-state index in [1.807, 2.05) is 0 Å². The average Bonchev–Trinajstić information content (AvgIpc) is 3.07. The van der Waals surface area contributed by atoms with E-state index in [0.717, 1.165) is 41.5 Å². The summed E-state index contributed by atoms with van der Waals surface area (Å²) in [5, 5.41) is 3.68. The van der Waals surface area contributed by atoms with Crippen LogP contribution in [0.15, 0.2) is 0 Å². The summed E-state index contributed by atoms with van der Waals surface area (Å²) in [6.45, 7) is 14.3. The van der Waals surface area contributed by atoms with Crippen molar-refractivity contribution in [3.05, 3.63) is 0 Å². The van der Waals surface area contributed by atoms with Crippen LogP contribution in [0.3, 0.4) is 0 Å². The quantitative estimate of drug-likeness (QED) is 0.0721. The third-order valence-corrected chi connectivity index (χ3v) is 8.53. The predicted octanol–water partition coefficient (Wildman–Crippen LogP) is -2.30. The van der Waals surface area contributed by atoms with Gasteiger partial charge in [-0.05, 0) is 20.8 Å². The first kappa shape index (κ1) is 52.0. The molecule has 2 aliphatic heterocycles. The van der Waals surface area contributed by atoms with Crippen molar-refractivity contribution in [1.82, 2.24) is 10.6 Å². The first-order valence-corrected chi connectivity index (χ1v) is 19.2. The molecule has 11 atom stereocenters. The summed E-state index contributed by atoms with van der Waals surface area (Å²) in [7, 11) is -5.93. The molecule has 2 rings (SSSR count). The number of phosphoric ester groups is 1. The molecule has 2 fully saturated rings. The number of esters is 5. The highest BCUT2D eigenvalue weighted by molar-refractivity contribution is 7.44. The van der Waals surface area contributed by atoms with Crippen molar-refractivity contribution in [2.75, 3.05) is 32.8 Å². The normalized spacial score (nSPS) is 28.0. The van der Waals surface area contributed by atoms with Gasteiger partial charge in [-0.2, -0.15) is 13.2 Å². The van der Waals surface area contributed by atoms with Crippen molar-refractivity contribution in [3.8, 4) is 0 Å². The zero-order chi connectivity index (χ0) is 44.7. The van der Waals surface area contributed by atoms with Crippen molar-refractivity contribution in [2.45, 2.75) is 130 Å². The maximum atomic E-state index is 13.4. The van der Waals surface area contributed by atoms with Crippen LogP contribution in [0, 0.1) is 0 Å². The van der Waals surface area contributed by atoms with Gasteiger partial charge in [0.1, 0.15) is 43.6 Å². The summed E-state index contributed by atoms with van der Waals surface area (Å²) in [4.78, 5) is 107. The molecule has 0 spiro atoms. The number of nitrogens with one attached hydrogen (secondary N) is 3. The molecule has 2 saturated heterocycles. The largest absolute Gasteiger partial charge is 0.756 e. The summed E-state index contributed by atoms with van der Waals surface area (Å²) in [6.07, 6.45) is -21.6. The molecule has 0 bridgehead atoms. The van der Waals surface area contributed by atoms with E-state index in [2.05, 4.69) is 30.6 Å². The van der Waals surface area contributed by atoms with E-state index < -0.39 is 130 Å². The van der Waals surface area contributed by atoms with Gasteiger partial charge in [0.05, 0.1) is 19.6 Å². The minimum Gasteiger partial charge on any atom is -0.756 e. The molecule has 26 heteroatoms. The zero-order valence-electron chi connectivity index (χ0n) is 33.2.